The molecule has 0 fully saturated rings. The second-order valence-corrected chi connectivity index (χ2v) is 13.1. The number of rotatable bonds is 10. The van der Waals surface area contributed by atoms with Crippen molar-refractivity contribution >= 4 is 51.9 Å². The SMILES string of the molecule is COC(=O)CCCCC(=O)N1C[C@H](NC(=O)[C@H](C)N(C)C(=O)OC(C)(C)C)C(=O)N(Cc2c(C)ccc3ccccc23)c2ccccc21. The smallest absolute Gasteiger partial charge is 0.410 e. The first kappa shape index (κ1) is 35.9. The average Bonchev–Trinajstić information content (AvgIpc) is 3.16. The van der Waals surface area contributed by atoms with E-state index < -0.39 is 35.6 Å². The number of nitrogens with zero attached hydrogens (tertiary/aromatic N) is 3. The Morgan fingerprint density at radius 1 is 0.958 bits per heavy atom. The van der Waals surface area contributed by atoms with Crippen molar-refractivity contribution in [2.24, 2.45) is 0 Å². The summed E-state index contributed by atoms with van der Waals surface area (Å²) < 4.78 is 10.2. The lowest BCUT2D eigenvalue weighted by molar-refractivity contribution is -0.140. The summed E-state index contributed by atoms with van der Waals surface area (Å²) in [6, 6.07) is 17.1. The Kier molecular flexibility index (Phi) is 11.5. The number of ether oxygens (including phenoxy) is 2. The van der Waals surface area contributed by atoms with Crippen LogP contribution in [0, 0.1) is 6.92 Å². The molecule has 0 aromatic heterocycles. The van der Waals surface area contributed by atoms with Gasteiger partial charge in [0.15, 0.2) is 0 Å². The number of unbranched alkanes of at least 4 members (excludes halogenated alkanes) is 1. The summed E-state index contributed by atoms with van der Waals surface area (Å²) in [4.78, 5) is 70.7. The molecule has 0 bridgehead atoms. The first-order valence-electron chi connectivity index (χ1n) is 16.2. The van der Waals surface area contributed by atoms with Crippen LogP contribution in [0.15, 0.2) is 60.7 Å². The van der Waals surface area contributed by atoms with Crippen molar-refractivity contribution in [1.82, 2.24) is 10.2 Å². The topological polar surface area (TPSA) is 126 Å². The number of anilines is 2. The van der Waals surface area contributed by atoms with E-state index >= 15 is 0 Å². The molecule has 1 heterocycles. The molecular formula is C37H46N4O7. The lowest BCUT2D eigenvalue weighted by Gasteiger charge is -2.30. The number of hydrogen-bond acceptors (Lipinski definition) is 7. The fraction of sp³-hybridized carbons (Fsp3) is 0.432. The van der Waals surface area contributed by atoms with Crippen LogP contribution < -0.4 is 15.1 Å². The summed E-state index contributed by atoms with van der Waals surface area (Å²) in [5.41, 5.74) is 2.26. The second-order valence-electron chi connectivity index (χ2n) is 13.1. The molecule has 4 rings (SSSR count). The van der Waals surface area contributed by atoms with Gasteiger partial charge in [-0.15, -0.1) is 0 Å². The van der Waals surface area contributed by atoms with Crippen molar-refractivity contribution in [1.29, 1.82) is 0 Å². The molecule has 0 saturated heterocycles. The minimum Gasteiger partial charge on any atom is -0.469 e. The summed E-state index contributed by atoms with van der Waals surface area (Å²) in [7, 11) is 2.79. The molecule has 4 amide bonds. The molecule has 1 aliphatic heterocycles. The Morgan fingerprint density at radius 3 is 2.29 bits per heavy atom. The third kappa shape index (κ3) is 8.50. The maximum Gasteiger partial charge on any atom is 0.410 e. The van der Waals surface area contributed by atoms with Gasteiger partial charge in [-0.05, 0) is 81.5 Å². The molecule has 0 spiro atoms. The zero-order valence-corrected chi connectivity index (χ0v) is 28.9. The molecular weight excluding hydrogens is 612 g/mol. The molecule has 256 valence electrons. The number of aryl methyl sites for hydroxylation is 1. The monoisotopic (exact) mass is 658 g/mol. The van der Waals surface area contributed by atoms with Crippen LogP contribution in [0.2, 0.25) is 0 Å². The number of methoxy groups -OCH3 is 1. The highest BCUT2D eigenvalue weighted by molar-refractivity contribution is 6.08. The van der Waals surface area contributed by atoms with Crippen molar-refractivity contribution in [2.45, 2.75) is 84.5 Å². The number of esters is 1. The van der Waals surface area contributed by atoms with Crippen LogP contribution in [0.1, 0.15) is 64.5 Å². The minimum absolute atomic E-state index is 0.120. The predicted octanol–water partition coefficient (Wildman–Crippen LogP) is 5.50. The van der Waals surface area contributed by atoms with Gasteiger partial charge in [-0.2, -0.15) is 0 Å². The molecule has 11 nitrogen and oxygen atoms in total. The molecule has 1 aliphatic rings. The van der Waals surface area contributed by atoms with Gasteiger partial charge in [-0.25, -0.2) is 4.79 Å². The van der Waals surface area contributed by atoms with E-state index in [-0.39, 0.29) is 37.8 Å². The van der Waals surface area contributed by atoms with E-state index in [1.54, 1.807) is 50.8 Å². The van der Waals surface area contributed by atoms with E-state index in [0.29, 0.717) is 24.2 Å². The number of amides is 4. The van der Waals surface area contributed by atoms with Crippen LogP contribution in [-0.4, -0.2) is 73.1 Å². The number of fused-ring (bicyclic) bond motifs is 2. The van der Waals surface area contributed by atoms with Gasteiger partial charge in [-0.3, -0.25) is 24.1 Å². The molecule has 48 heavy (non-hydrogen) atoms. The van der Waals surface area contributed by atoms with E-state index in [1.807, 2.05) is 49.4 Å². The van der Waals surface area contributed by atoms with Gasteiger partial charge in [0.05, 0.1) is 31.6 Å². The van der Waals surface area contributed by atoms with Gasteiger partial charge in [-0.1, -0.05) is 48.5 Å². The van der Waals surface area contributed by atoms with Gasteiger partial charge in [0.1, 0.15) is 17.7 Å². The number of carbonyl (C=O) groups is 5. The van der Waals surface area contributed by atoms with Gasteiger partial charge >= 0.3 is 12.1 Å². The minimum atomic E-state index is -1.13. The summed E-state index contributed by atoms with van der Waals surface area (Å²) in [6.07, 6.45) is 0.544. The Labute approximate surface area is 282 Å². The molecule has 3 aromatic rings. The van der Waals surface area contributed by atoms with Crippen LogP contribution in [-0.2, 0) is 35.2 Å². The lowest BCUT2D eigenvalue weighted by Crippen LogP contribution is -2.57. The highest BCUT2D eigenvalue weighted by Gasteiger charge is 2.38. The fourth-order valence-corrected chi connectivity index (χ4v) is 5.65. The van der Waals surface area contributed by atoms with Crippen LogP contribution in [0.5, 0.6) is 0 Å². The first-order chi connectivity index (χ1) is 22.7. The Bertz CT molecular complexity index is 1680. The summed E-state index contributed by atoms with van der Waals surface area (Å²) >= 11 is 0. The van der Waals surface area contributed by atoms with Gasteiger partial charge in [0.25, 0.3) is 5.91 Å². The highest BCUT2D eigenvalue weighted by atomic mass is 16.6. The average molecular weight is 659 g/mol. The van der Waals surface area contributed by atoms with Crippen molar-refractivity contribution in [3.63, 3.8) is 0 Å². The van der Waals surface area contributed by atoms with Crippen LogP contribution >= 0.6 is 0 Å². The maximum absolute atomic E-state index is 14.6. The van der Waals surface area contributed by atoms with E-state index in [4.69, 9.17) is 9.47 Å². The number of hydrogen-bond donors (Lipinski definition) is 1. The molecule has 0 saturated carbocycles. The molecule has 1 N–H and O–H groups in total. The zero-order chi connectivity index (χ0) is 35.2. The molecule has 0 aliphatic carbocycles. The third-order valence-electron chi connectivity index (χ3n) is 8.49. The third-order valence-corrected chi connectivity index (χ3v) is 8.49. The lowest BCUT2D eigenvalue weighted by atomic mass is 9.99. The van der Waals surface area contributed by atoms with E-state index in [1.165, 1.54) is 24.0 Å². The quantitative estimate of drug-likeness (QED) is 0.225. The maximum atomic E-state index is 14.6. The summed E-state index contributed by atoms with van der Waals surface area (Å²) in [6.45, 7) is 8.83. The molecule has 11 heteroatoms. The van der Waals surface area contributed by atoms with Crippen LogP contribution in [0.3, 0.4) is 0 Å². The predicted molar refractivity (Wildman–Crippen MR) is 185 cm³/mol. The first-order valence-corrected chi connectivity index (χ1v) is 16.2. The van der Waals surface area contributed by atoms with Crippen molar-refractivity contribution in [2.75, 3.05) is 30.5 Å². The fourth-order valence-electron chi connectivity index (χ4n) is 5.65. The largest absolute Gasteiger partial charge is 0.469 e. The van der Waals surface area contributed by atoms with Crippen LogP contribution in [0.4, 0.5) is 16.2 Å². The van der Waals surface area contributed by atoms with Crippen molar-refractivity contribution in [3.05, 3.63) is 71.8 Å². The number of benzene rings is 3. The Balaban J connectivity index is 1.70. The molecule has 2 atom stereocenters. The number of likely N-dealkylation sites (N-methyl/N-ethyl adjacent to an activating group) is 1. The van der Waals surface area contributed by atoms with Gasteiger partial charge in [0.2, 0.25) is 11.8 Å². The Morgan fingerprint density at radius 2 is 1.60 bits per heavy atom. The standard InChI is InChI=1S/C37H46N4O7/c1-24-20-21-26-14-8-9-15-27(26)28(24)22-41-31-17-11-10-16-30(31)40(32(42)18-12-13-19-33(43)47-7)23-29(35(41)45)38-34(44)25(2)39(6)36(46)48-37(3,4)5/h8-11,14-17,20-21,25,29H,12-13,18-19,22-23H2,1-7H3,(H,38,44)/t25-,29-/m0/s1. The molecule has 0 unspecified atom stereocenters. The summed E-state index contributed by atoms with van der Waals surface area (Å²) in [5.74, 6) is -1.56. The highest BCUT2D eigenvalue weighted by Crippen LogP contribution is 2.36. The molecule has 0 radical (unpaired) electrons. The van der Waals surface area contributed by atoms with Crippen LogP contribution in [0.25, 0.3) is 10.8 Å². The second kappa shape index (κ2) is 15.3. The number of carbonyl (C=O) groups excluding carboxylic acids is 5. The number of para-hydroxylation sites is 2. The van der Waals surface area contributed by atoms with E-state index in [9.17, 15) is 24.0 Å². The van der Waals surface area contributed by atoms with Crippen molar-refractivity contribution < 1.29 is 33.4 Å². The Hall–Kier alpha value is -4.93. The molecule has 3 aromatic carbocycles. The normalized spacial score (nSPS) is 15.3. The van der Waals surface area contributed by atoms with E-state index in [2.05, 4.69) is 5.32 Å². The van der Waals surface area contributed by atoms with Gasteiger partial charge in [0, 0.05) is 19.9 Å². The van der Waals surface area contributed by atoms with Crippen molar-refractivity contribution in [3.8, 4) is 0 Å². The van der Waals surface area contributed by atoms with Gasteiger partial charge < -0.3 is 24.6 Å². The van der Waals surface area contributed by atoms with E-state index in [0.717, 1.165) is 21.9 Å². The summed E-state index contributed by atoms with van der Waals surface area (Å²) in [5, 5.41) is 4.88. The zero-order valence-electron chi connectivity index (χ0n) is 28.9. The number of nitrogens with one attached hydrogen (secondary N) is 1.